The molecule has 94 valence electrons. The van der Waals surface area contributed by atoms with Crippen LogP contribution < -0.4 is 0 Å². The third kappa shape index (κ3) is 3.98. The van der Waals surface area contributed by atoms with Crippen molar-refractivity contribution in [1.29, 1.82) is 0 Å². The predicted octanol–water partition coefficient (Wildman–Crippen LogP) is 3.57. The van der Waals surface area contributed by atoms with Crippen LogP contribution in [-0.4, -0.2) is 18.0 Å². The van der Waals surface area contributed by atoms with Crippen molar-refractivity contribution >= 4 is 18.4 Å². The second-order valence-electron chi connectivity index (χ2n) is 4.17. The van der Waals surface area contributed by atoms with Gasteiger partial charge >= 0.3 is 0 Å². The quantitative estimate of drug-likeness (QED) is 0.268. The van der Waals surface area contributed by atoms with E-state index in [4.69, 9.17) is 0 Å². The topological polar surface area (TPSA) is 26.1 Å². The maximum atomic E-state index is 11.1. The van der Waals surface area contributed by atoms with Crippen LogP contribution in [0, 0.1) is 5.21 Å². The van der Waals surface area contributed by atoms with Crippen LogP contribution in [0.2, 0.25) is 0 Å². The number of rotatable bonds is 3. The van der Waals surface area contributed by atoms with Gasteiger partial charge in [0.05, 0.1) is 0 Å². The van der Waals surface area contributed by atoms with E-state index in [1.165, 1.54) is 7.05 Å². The highest BCUT2D eigenvalue weighted by Crippen LogP contribution is 2.08. The summed E-state index contributed by atoms with van der Waals surface area (Å²) in [6.07, 6.45) is 5.34. The summed E-state index contributed by atoms with van der Waals surface area (Å²) < 4.78 is 0.799. The molecule has 0 saturated carbocycles. The molecule has 0 heterocycles. The van der Waals surface area contributed by atoms with Crippen molar-refractivity contribution < 1.29 is 4.74 Å². The van der Waals surface area contributed by atoms with Crippen molar-refractivity contribution in [3.05, 3.63) is 82.2 Å². The highest BCUT2D eigenvalue weighted by molar-refractivity contribution is 5.82. The fraction of sp³-hybridized carbons (Fsp3) is 0.0588. The molecule has 2 heteroatoms. The van der Waals surface area contributed by atoms with Crippen LogP contribution in [0.3, 0.4) is 0 Å². The van der Waals surface area contributed by atoms with E-state index in [2.05, 4.69) is 5.73 Å². The standard InChI is InChI=1S/C17H15NO/c1-18(19)14-17-12-6-5-11-16(17)13-7-10-15-8-3-2-4-9-15/h2-6,8-14H,1H3/b18-14-. The highest BCUT2D eigenvalue weighted by Gasteiger charge is 1.97. The number of hydrogen-bond acceptors (Lipinski definition) is 1. The molecule has 2 aromatic carbocycles. The van der Waals surface area contributed by atoms with Gasteiger partial charge in [0.2, 0.25) is 0 Å². The normalized spacial score (nSPS) is 10.7. The van der Waals surface area contributed by atoms with E-state index in [1.54, 1.807) is 6.21 Å². The van der Waals surface area contributed by atoms with Gasteiger partial charge in [-0.25, -0.2) is 4.74 Å². The zero-order chi connectivity index (χ0) is 13.5. The van der Waals surface area contributed by atoms with Crippen LogP contribution in [0.1, 0.15) is 16.7 Å². The van der Waals surface area contributed by atoms with Crippen molar-refractivity contribution in [3.8, 4) is 0 Å². The fourth-order valence-corrected chi connectivity index (χ4v) is 1.73. The second-order valence-corrected chi connectivity index (χ2v) is 4.17. The molecule has 0 spiro atoms. The van der Waals surface area contributed by atoms with E-state index in [1.807, 2.05) is 66.7 Å². The molecule has 19 heavy (non-hydrogen) atoms. The van der Waals surface area contributed by atoms with Gasteiger partial charge in [-0.15, -0.1) is 5.73 Å². The van der Waals surface area contributed by atoms with E-state index in [-0.39, 0.29) is 0 Å². The molecule has 0 aliphatic carbocycles. The molecule has 0 radical (unpaired) electrons. The summed E-state index contributed by atoms with van der Waals surface area (Å²) in [4.78, 5) is 0. The lowest BCUT2D eigenvalue weighted by molar-refractivity contribution is -0.416. The van der Waals surface area contributed by atoms with Crippen LogP contribution in [0.4, 0.5) is 0 Å². The van der Waals surface area contributed by atoms with Crippen LogP contribution >= 0.6 is 0 Å². The number of hydrogen-bond donors (Lipinski definition) is 0. The molecule has 2 rings (SSSR count). The molecule has 0 amide bonds. The Labute approximate surface area is 113 Å². The van der Waals surface area contributed by atoms with Gasteiger partial charge in [-0.2, -0.15) is 0 Å². The molecule has 0 atom stereocenters. The van der Waals surface area contributed by atoms with Gasteiger partial charge in [0, 0.05) is 5.56 Å². The molecule has 0 saturated heterocycles. The molecule has 0 N–H and O–H groups in total. The van der Waals surface area contributed by atoms with Crippen molar-refractivity contribution in [3.63, 3.8) is 0 Å². The van der Waals surface area contributed by atoms with E-state index in [9.17, 15) is 5.21 Å². The Balaban J connectivity index is 2.29. The minimum atomic E-state index is 0.799. The Hall–Kier alpha value is -2.57. The Bertz CT molecular complexity index is 631. The van der Waals surface area contributed by atoms with Crippen LogP contribution in [-0.2, 0) is 0 Å². The average molecular weight is 249 g/mol. The van der Waals surface area contributed by atoms with Gasteiger partial charge in [-0.3, -0.25) is 0 Å². The lowest BCUT2D eigenvalue weighted by Crippen LogP contribution is -1.98. The Kier molecular flexibility index (Phi) is 4.33. The minimum Gasteiger partial charge on any atom is -0.624 e. The van der Waals surface area contributed by atoms with Crippen LogP contribution in [0.5, 0.6) is 0 Å². The minimum absolute atomic E-state index is 0.799. The van der Waals surface area contributed by atoms with Crippen molar-refractivity contribution in [1.82, 2.24) is 0 Å². The van der Waals surface area contributed by atoms with Crippen LogP contribution in [0.25, 0.3) is 12.2 Å². The van der Waals surface area contributed by atoms with E-state index >= 15 is 0 Å². The summed E-state index contributed by atoms with van der Waals surface area (Å²) in [5.41, 5.74) is 6.09. The average Bonchev–Trinajstić information content (AvgIpc) is 2.41. The smallest absolute Gasteiger partial charge is 0.182 e. The zero-order valence-corrected chi connectivity index (χ0v) is 10.8. The van der Waals surface area contributed by atoms with E-state index in [0.29, 0.717) is 0 Å². The first-order valence-corrected chi connectivity index (χ1v) is 6.07. The summed E-state index contributed by atoms with van der Waals surface area (Å²) >= 11 is 0. The third-order valence-corrected chi connectivity index (χ3v) is 2.61. The van der Waals surface area contributed by atoms with Crippen LogP contribution in [0.15, 0.2) is 60.3 Å². The van der Waals surface area contributed by atoms with E-state index < -0.39 is 0 Å². The molecular formula is C17H15NO. The number of nitrogens with zero attached hydrogens (tertiary/aromatic N) is 1. The third-order valence-electron chi connectivity index (χ3n) is 2.61. The summed E-state index contributed by atoms with van der Waals surface area (Å²) in [5.74, 6) is 0. The molecule has 2 aromatic rings. The molecule has 0 unspecified atom stereocenters. The molecule has 0 bridgehead atoms. The molecule has 0 aliphatic rings. The predicted molar refractivity (Wildman–Crippen MR) is 80.0 cm³/mol. The van der Waals surface area contributed by atoms with Crippen molar-refractivity contribution in [2.75, 3.05) is 7.05 Å². The lowest BCUT2D eigenvalue weighted by Gasteiger charge is -1.99. The molecule has 0 aliphatic heterocycles. The highest BCUT2D eigenvalue weighted by atomic mass is 16.5. The van der Waals surface area contributed by atoms with Gasteiger partial charge in [0.25, 0.3) is 0 Å². The maximum Gasteiger partial charge on any atom is 0.182 e. The Morgan fingerprint density at radius 1 is 0.895 bits per heavy atom. The Morgan fingerprint density at radius 2 is 1.53 bits per heavy atom. The second kappa shape index (κ2) is 6.39. The first-order valence-electron chi connectivity index (χ1n) is 6.07. The van der Waals surface area contributed by atoms with Gasteiger partial charge in [-0.1, -0.05) is 48.5 Å². The first kappa shape index (κ1) is 12.9. The monoisotopic (exact) mass is 249 g/mol. The van der Waals surface area contributed by atoms with Crippen molar-refractivity contribution in [2.24, 2.45) is 0 Å². The maximum absolute atomic E-state index is 11.1. The Morgan fingerprint density at radius 3 is 2.21 bits per heavy atom. The number of benzene rings is 2. The lowest BCUT2D eigenvalue weighted by atomic mass is 10.1. The largest absolute Gasteiger partial charge is 0.624 e. The summed E-state index contributed by atoms with van der Waals surface area (Å²) in [7, 11) is 1.47. The molecular weight excluding hydrogens is 234 g/mol. The van der Waals surface area contributed by atoms with Gasteiger partial charge < -0.3 is 5.21 Å². The fourth-order valence-electron chi connectivity index (χ4n) is 1.73. The molecule has 0 fully saturated rings. The summed E-state index contributed by atoms with van der Waals surface area (Å²) in [6.45, 7) is 0. The summed E-state index contributed by atoms with van der Waals surface area (Å²) in [6, 6.07) is 17.7. The summed E-state index contributed by atoms with van der Waals surface area (Å²) in [5, 5.41) is 11.1. The SMILES string of the molecule is C/[N+]([O-])=C/c1ccccc1C=C=Cc1ccccc1. The zero-order valence-electron chi connectivity index (χ0n) is 10.8. The van der Waals surface area contributed by atoms with E-state index in [0.717, 1.165) is 21.4 Å². The molecule has 2 nitrogen and oxygen atoms in total. The number of hydroxylamine groups is 1. The first-order chi connectivity index (χ1) is 9.25. The van der Waals surface area contributed by atoms with Crippen molar-refractivity contribution in [2.45, 2.75) is 0 Å². The molecule has 0 aromatic heterocycles. The van der Waals surface area contributed by atoms with Gasteiger partial charge in [-0.05, 0) is 29.3 Å². The van der Waals surface area contributed by atoms with Gasteiger partial charge in [0.1, 0.15) is 7.05 Å². The van der Waals surface area contributed by atoms with Gasteiger partial charge in [0.15, 0.2) is 6.21 Å².